The first-order valence-electron chi connectivity index (χ1n) is 4.96. The Morgan fingerprint density at radius 2 is 2.07 bits per heavy atom. The topological polar surface area (TPSA) is 17.1 Å². The summed E-state index contributed by atoms with van der Waals surface area (Å²) < 4.78 is 13.2. The van der Waals surface area contributed by atoms with E-state index >= 15 is 0 Å². The monoisotopic (exact) mass is 226 g/mol. The number of ketones is 1. The van der Waals surface area contributed by atoms with Crippen LogP contribution in [0, 0.1) is 11.7 Å². The molecule has 0 heterocycles. The fourth-order valence-electron chi connectivity index (χ4n) is 1.15. The summed E-state index contributed by atoms with van der Waals surface area (Å²) >= 11 is 1.56. The van der Waals surface area contributed by atoms with Gasteiger partial charge in [0, 0.05) is 0 Å². The summed E-state index contributed by atoms with van der Waals surface area (Å²) in [4.78, 5) is 11.6. The lowest BCUT2D eigenvalue weighted by atomic mass is 10.1. The second-order valence-electron chi connectivity index (χ2n) is 3.81. The van der Waals surface area contributed by atoms with Gasteiger partial charge >= 0.3 is 0 Å². The second-order valence-corrected chi connectivity index (χ2v) is 4.84. The molecule has 1 aromatic carbocycles. The molecule has 0 aromatic heterocycles. The Balaban J connectivity index is 2.51. The van der Waals surface area contributed by atoms with Gasteiger partial charge in [-0.2, -0.15) is 11.8 Å². The number of Topliss-reactive ketones (excluding diaryl/α,β-unsaturated/α-hetero) is 1. The summed E-state index contributed by atoms with van der Waals surface area (Å²) in [6.07, 6.45) is 0. The van der Waals surface area contributed by atoms with Crippen LogP contribution in [-0.2, 0) is 0 Å². The maximum Gasteiger partial charge on any atom is 0.175 e. The van der Waals surface area contributed by atoms with Crippen molar-refractivity contribution in [2.75, 3.05) is 11.5 Å². The zero-order valence-electron chi connectivity index (χ0n) is 9.00. The highest BCUT2D eigenvalue weighted by Gasteiger charge is 2.10. The number of hydrogen-bond donors (Lipinski definition) is 0. The van der Waals surface area contributed by atoms with Crippen molar-refractivity contribution in [1.82, 2.24) is 0 Å². The number of hydrogen-bond acceptors (Lipinski definition) is 2. The van der Waals surface area contributed by atoms with E-state index in [9.17, 15) is 9.18 Å². The maximum absolute atomic E-state index is 13.2. The average Bonchev–Trinajstić information content (AvgIpc) is 2.17. The van der Waals surface area contributed by atoms with Gasteiger partial charge in [0.15, 0.2) is 5.78 Å². The molecule has 0 radical (unpaired) electrons. The standard InChI is InChI=1S/C12H15FOS/c1-9(2)7-15-8-12(14)10-5-3-4-6-11(10)13/h3-6,9H,7-8H2,1-2H3. The Kier molecular flexibility index (Phi) is 4.82. The number of carbonyl (C=O) groups is 1. The molecule has 3 heteroatoms. The zero-order chi connectivity index (χ0) is 11.3. The van der Waals surface area contributed by atoms with Crippen LogP contribution in [0.2, 0.25) is 0 Å². The van der Waals surface area contributed by atoms with E-state index in [4.69, 9.17) is 0 Å². The average molecular weight is 226 g/mol. The summed E-state index contributed by atoms with van der Waals surface area (Å²) in [7, 11) is 0. The zero-order valence-corrected chi connectivity index (χ0v) is 9.81. The van der Waals surface area contributed by atoms with Crippen LogP contribution in [0.4, 0.5) is 4.39 Å². The van der Waals surface area contributed by atoms with Crippen molar-refractivity contribution in [3.63, 3.8) is 0 Å². The Labute approximate surface area is 94.1 Å². The molecule has 1 nitrogen and oxygen atoms in total. The highest BCUT2D eigenvalue weighted by molar-refractivity contribution is 7.99. The lowest BCUT2D eigenvalue weighted by molar-refractivity contribution is 0.101. The molecule has 0 atom stereocenters. The largest absolute Gasteiger partial charge is 0.293 e. The Bertz CT molecular complexity index is 336. The molecule has 0 aliphatic carbocycles. The van der Waals surface area contributed by atoms with Gasteiger partial charge in [-0.15, -0.1) is 0 Å². The van der Waals surface area contributed by atoms with Crippen molar-refractivity contribution in [2.24, 2.45) is 5.92 Å². The normalized spacial score (nSPS) is 10.7. The van der Waals surface area contributed by atoms with Gasteiger partial charge in [-0.3, -0.25) is 4.79 Å². The summed E-state index contributed by atoms with van der Waals surface area (Å²) in [5.74, 6) is 1.30. The van der Waals surface area contributed by atoms with Crippen LogP contribution < -0.4 is 0 Å². The van der Waals surface area contributed by atoms with Crippen molar-refractivity contribution in [2.45, 2.75) is 13.8 Å². The number of halogens is 1. The Morgan fingerprint density at radius 1 is 1.40 bits per heavy atom. The smallest absolute Gasteiger partial charge is 0.175 e. The van der Waals surface area contributed by atoms with Gasteiger partial charge in [-0.1, -0.05) is 26.0 Å². The predicted octanol–water partition coefficient (Wildman–Crippen LogP) is 3.40. The van der Waals surface area contributed by atoms with Crippen LogP contribution in [0.5, 0.6) is 0 Å². The molecule has 82 valence electrons. The van der Waals surface area contributed by atoms with E-state index in [2.05, 4.69) is 13.8 Å². The van der Waals surface area contributed by atoms with Crippen LogP contribution in [0.3, 0.4) is 0 Å². The number of thioether (sulfide) groups is 1. The molecule has 1 aromatic rings. The number of benzene rings is 1. The molecule has 0 aliphatic heterocycles. The van der Waals surface area contributed by atoms with Crippen LogP contribution >= 0.6 is 11.8 Å². The molecule has 0 aliphatic rings. The summed E-state index contributed by atoms with van der Waals surface area (Å²) in [5.41, 5.74) is 0.203. The van der Waals surface area contributed by atoms with Crippen LogP contribution in [0.15, 0.2) is 24.3 Å². The fraction of sp³-hybridized carbons (Fsp3) is 0.417. The molecular formula is C12H15FOS. The van der Waals surface area contributed by atoms with Gasteiger partial charge in [0.05, 0.1) is 11.3 Å². The first-order valence-corrected chi connectivity index (χ1v) is 6.12. The summed E-state index contributed by atoms with van der Waals surface area (Å²) in [6.45, 7) is 4.20. The van der Waals surface area contributed by atoms with Gasteiger partial charge in [0.1, 0.15) is 5.82 Å². The van der Waals surface area contributed by atoms with Crippen molar-refractivity contribution in [1.29, 1.82) is 0 Å². The number of carbonyl (C=O) groups excluding carboxylic acids is 1. The van der Waals surface area contributed by atoms with Gasteiger partial charge in [-0.05, 0) is 23.8 Å². The van der Waals surface area contributed by atoms with Gasteiger partial charge in [-0.25, -0.2) is 4.39 Å². The van der Waals surface area contributed by atoms with Crippen molar-refractivity contribution >= 4 is 17.5 Å². The lowest BCUT2D eigenvalue weighted by Gasteiger charge is -2.04. The molecule has 0 amide bonds. The Morgan fingerprint density at radius 3 is 2.67 bits per heavy atom. The third-order valence-electron chi connectivity index (χ3n) is 1.86. The van der Waals surface area contributed by atoms with E-state index in [1.165, 1.54) is 12.1 Å². The summed E-state index contributed by atoms with van der Waals surface area (Å²) in [5, 5.41) is 0. The molecule has 0 N–H and O–H groups in total. The molecular weight excluding hydrogens is 211 g/mol. The van der Waals surface area contributed by atoms with Gasteiger partial charge < -0.3 is 0 Å². The maximum atomic E-state index is 13.2. The van der Waals surface area contributed by atoms with Crippen molar-refractivity contribution in [3.8, 4) is 0 Å². The lowest BCUT2D eigenvalue weighted by Crippen LogP contribution is -2.06. The third-order valence-corrected chi connectivity index (χ3v) is 3.23. The van der Waals surface area contributed by atoms with E-state index in [0.29, 0.717) is 11.7 Å². The molecule has 0 bridgehead atoms. The van der Waals surface area contributed by atoms with Crippen molar-refractivity contribution in [3.05, 3.63) is 35.6 Å². The minimum atomic E-state index is -0.423. The second kappa shape index (κ2) is 5.91. The fourth-order valence-corrected chi connectivity index (χ4v) is 2.08. The first-order chi connectivity index (χ1) is 7.11. The quantitative estimate of drug-likeness (QED) is 0.716. The molecule has 0 fully saturated rings. The molecule has 1 rings (SSSR count). The molecule has 15 heavy (non-hydrogen) atoms. The predicted molar refractivity (Wildman–Crippen MR) is 62.9 cm³/mol. The van der Waals surface area contributed by atoms with E-state index in [-0.39, 0.29) is 11.3 Å². The third kappa shape index (κ3) is 4.04. The van der Waals surface area contributed by atoms with E-state index in [0.717, 1.165) is 5.75 Å². The first kappa shape index (κ1) is 12.2. The highest BCUT2D eigenvalue weighted by Crippen LogP contribution is 2.13. The SMILES string of the molecule is CC(C)CSCC(=O)c1ccccc1F. The van der Waals surface area contributed by atoms with E-state index < -0.39 is 5.82 Å². The molecule has 0 saturated carbocycles. The summed E-state index contributed by atoms with van der Waals surface area (Å²) in [6, 6.07) is 6.13. The molecule has 0 spiro atoms. The van der Waals surface area contributed by atoms with E-state index in [1.807, 2.05) is 0 Å². The van der Waals surface area contributed by atoms with Gasteiger partial charge in [0.2, 0.25) is 0 Å². The van der Waals surface area contributed by atoms with Crippen LogP contribution in [-0.4, -0.2) is 17.3 Å². The highest BCUT2D eigenvalue weighted by atomic mass is 32.2. The molecule has 0 saturated heterocycles. The molecule has 0 unspecified atom stereocenters. The minimum absolute atomic E-state index is 0.126. The van der Waals surface area contributed by atoms with Gasteiger partial charge in [0.25, 0.3) is 0 Å². The van der Waals surface area contributed by atoms with E-state index in [1.54, 1.807) is 23.9 Å². The van der Waals surface area contributed by atoms with Crippen LogP contribution in [0.25, 0.3) is 0 Å². The van der Waals surface area contributed by atoms with Crippen molar-refractivity contribution < 1.29 is 9.18 Å². The number of rotatable bonds is 5. The Hall–Kier alpha value is -0.830. The van der Waals surface area contributed by atoms with Crippen LogP contribution in [0.1, 0.15) is 24.2 Å². The minimum Gasteiger partial charge on any atom is -0.293 e.